The van der Waals surface area contributed by atoms with Crippen LogP contribution in [0.2, 0.25) is 0 Å². The second-order valence-corrected chi connectivity index (χ2v) is 5.89. The molecule has 0 saturated heterocycles. The second-order valence-electron chi connectivity index (χ2n) is 4.39. The van der Waals surface area contributed by atoms with E-state index < -0.39 is 10.8 Å². The number of fused-ring (bicyclic) bond motifs is 1. The maximum absolute atomic E-state index is 12.7. The van der Waals surface area contributed by atoms with Gasteiger partial charge in [-0.15, -0.1) is 0 Å². The Labute approximate surface area is 114 Å². The van der Waals surface area contributed by atoms with Gasteiger partial charge in [-0.3, -0.25) is 9.00 Å². The summed E-state index contributed by atoms with van der Waals surface area (Å²) in [6, 6.07) is 17.0. The molecule has 0 aromatic heterocycles. The van der Waals surface area contributed by atoms with Gasteiger partial charge in [-0.05, 0) is 23.3 Å². The van der Waals surface area contributed by atoms with Gasteiger partial charge in [0, 0.05) is 10.5 Å². The zero-order chi connectivity index (χ0) is 13.2. The van der Waals surface area contributed by atoms with Crippen molar-refractivity contribution in [1.82, 2.24) is 0 Å². The molecule has 2 unspecified atom stereocenters. The first-order valence-electron chi connectivity index (χ1n) is 6.02. The van der Waals surface area contributed by atoms with E-state index in [0.29, 0.717) is 5.57 Å². The van der Waals surface area contributed by atoms with Crippen LogP contribution < -0.4 is 0 Å². The summed E-state index contributed by atoms with van der Waals surface area (Å²) >= 11 is 0. The van der Waals surface area contributed by atoms with E-state index in [1.807, 2.05) is 60.7 Å². The van der Waals surface area contributed by atoms with Crippen LogP contribution in [0.25, 0.3) is 6.08 Å². The van der Waals surface area contributed by atoms with Gasteiger partial charge in [0.15, 0.2) is 0 Å². The minimum atomic E-state index is -1.23. The summed E-state index contributed by atoms with van der Waals surface area (Å²) in [7, 11) is -1.23. The average molecular weight is 268 g/mol. The zero-order valence-corrected chi connectivity index (χ0v) is 11.0. The zero-order valence-electron chi connectivity index (χ0n) is 10.2. The minimum Gasteiger partial charge on any atom is -0.298 e. The lowest BCUT2D eigenvalue weighted by atomic mass is 10.0. The number of aldehydes is 1. The Morgan fingerprint density at radius 3 is 2.37 bits per heavy atom. The Bertz CT molecular complexity index is 674. The van der Waals surface area contributed by atoms with Crippen molar-refractivity contribution in [3.63, 3.8) is 0 Å². The monoisotopic (exact) mass is 268 g/mol. The van der Waals surface area contributed by atoms with Crippen LogP contribution in [0.5, 0.6) is 0 Å². The highest BCUT2D eigenvalue weighted by Crippen LogP contribution is 2.37. The average Bonchev–Trinajstić information content (AvgIpc) is 2.48. The maximum atomic E-state index is 12.7. The van der Waals surface area contributed by atoms with Gasteiger partial charge in [0.25, 0.3) is 0 Å². The molecule has 0 fully saturated rings. The van der Waals surface area contributed by atoms with Crippen LogP contribution in [0.1, 0.15) is 16.4 Å². The van der Waals surface area contributed by atoms with Crippen molar-refractivity contribution in [2.45, 2.75) is 10.1 Å². The fourth-order valence-electron chi connectivity index (χ4n) is 2.33. The van der Waals surface area contributed by atoms with Crippen molar-refractivity contribution in [2.75, 3.05) is 0 Å². The number of rotatable bonds is 2. The molecular weight excluding hydrogens is 256 g/mol. The van der Waals surface area contributed by atoms with E-state index in [1.165, 1.54) is 0 Å². The molecule has 0 radical (unpaired) electrons. The van der Waals surface area contributed by atoms with Crippen LogP contribution in [-0.2, 0) is 15.6 Å². The smallest absolute Gasteiger partial charge is 0.147 e. The van der Waals surface area contributed by atoms with Gasteiger partial charge in [-0.1, -0.05) is 48.5 Å². The highest BCUT2D eigenvalue weighted by molar-refractivity contribution is 7.85. The summed E-state index contributed by atoms with van der Waals surface area (Å²) in [6.07, 6.45) is 2.65. The van der Waals surface area contributed by atoms with E-state index in [0.717, 1.165) is 22.3 Å². The third-order valence-electron chi connectivity index (χ3n) is 3.21. The molecule has 1 aliphatic rings. The van der Waals surface area contributed by atoms with Gasteiger partial charge in [0.2, 0.25) is 0 Å². The van der Waals surface area contributed by atoms with Crippen molar-refractivity contribution < 1.29 is 9.00 Å². The number of hydrogen-bond donors (Lipinski definition) is 0. The third kappa shape index (κ3) is 2.06. The Kier molecular flexibility index (Phi) is 3.13. The molecule has 19 heavy (non-hydrogen) atoms. The fourth-order valence-corrected chi connectivity index (χ4v) is 3.93. The van der Waals surface area contributed by atoms with Crippen LogP contribution in [0, 0.1) is 0 Å². The Morgan fingerprint density at radius 2 is 1.63 bits per heavy atom. The van der Waals surface area contributed by atoms with Gasteiger partial charge in [0.05, 0.1) is 16.0 Å². The Morgan fingerprint density at radius 1 is 0.947 bits per heavy atom. The molecule has 2 atom stereocenters. The maximum Gasteiger partial charge on any atom is 0.147 e. The molecule has 0 bridgehead atoms. The minimum absolute atomic E-state index is 0.367. The standard InChI is InChI=1S/C16H12O2S/c17-11-14-10-13-8-4-5-9-15(13)19(18)16(14)12-6-2-1-3-7-12/h1-11,16H. The molecule has 0 spiro atoms. The van der Waals surface area contributed by atoms with E-state index in [2.05, 4.69) is 0 Å². The lowest BCUT2D eigenvalue weighted by Crippen LogP contribution is -2.15. The van der Waals surface area contributed by atoms with Crippen LogP contribution in [0.4, 0.5) is 0 Å². The van der Waals surface area contributed by atoms with E-state index in [1.54, 1.807) is 0 Å². The predicted octanol–water partition coefficient (Wildman–Crippen LogP) is 3.13. The summed E-state index contributed by atoms with van der Waals surface area (Å²) in [5, 5.41) is -0.367. The third-order valence-corrected chi connectivity index (χ3v) is 4.99. The molecular formula is C16H12O2S. The predicted molar refractivity (Wildman–Crippen MR) is 76.1 cm³/mol. The highest BCUT2D eigenvalue weighted by atomic mass is 32.2. The van der Waals surface area contributed by atoms with E-state index >= 15 is 0 Å². The van der Waals surface area contributed by atoms with Crippen LogP contribution >= 0.6 is 0 Å². The summed E-state index contributed by atoms with van der Waals surface area (Å²) in [6.45, 7) is 0. The largest absolute Gasteiger partial charge is 0.298 e. The van der Waals surface area contributed by atoms with Crippen LogP contribution in [0.15, 0.2) is 65.1 Å². The SMILES string of the molecule is O=CC1=Cc2ccccc2S(=O)C1c1ccccc1. The summed E-state index contributed by atoms with van der Waals surface area (Å²) in [5.74, 6) is 0. The molecule has 3 rings (SSSR count). The van der Waals surface area contributed by atoms with Crippen molar-refractivity contribution in [1.29, 1.82) is 0 Å². The molecule has 2 nitrogen and oxygen atoms in total. The lowest BCUT2D eigenvalue weighted by Gasteiger charge is -2.23. The molecule has 1 aliphatic heterocycles. The van der Waals surface area contributed by atoms with Gasteiger partial charge in [-0.25, -0.2) is 0 Å². The second kappa shape index (κ2) is 4.94. The van der Waals surface area contributed by atoms with E-state index in [9.17, 15) is 9.00 Å². The van der Waals surface area contributed by atoms with Crippen LogP contribution in [-0.4, -0.2) is 10.5 Å². The number of benzene rings is 2. The summed E-state index contributed by atoms with van der Waals surface area (Å²) in [4.78, 5) is 12.1. The lowest BCUT2D eigenvalue weighted by molar-refractivity contribution is -0.104. The first-order valence-corrected chi connectivity index (χ1v) is 7.24. The first kappa shape index (κ1) is 12.1. The quantitative estimate of drug-likeness (QED) is 0.784. The molecule has 0 N–H and O–H groups in total. The normalized spacial score (nSPS) is 21.4. The first-order chi connectivity index (χ1) is 9.31. The molecule has 94 valence electrons. The molecule has 0 amide bonds. The van der Waals surface area contributed by atoms with E-state index in [4.69, 9.17) is 0 Å². The molecule has 3 heteroatoms. The van der Waals surface area contributed by atoms with Crippen molar-refractivity contribution in [3.05, 3.63) is 71.3 Å². The molecule has 1 heterocycles. The van der Waals surface area contributed by atoms with Gasteiger partial charge < -0.3 is 0 Å². The van der Waals surface area contributed by atoms with Gasteiger partial charge in [-0.2, -0.15) is 0 Å². The molecule has 0 aliphatic carbocycles. The number of carbonyl (C=O) groups is 1. The van der Waals surface area contributed by atoms with Crippen molar-refractivity contribution in [2.24, 2.45) is 0 Å². The number of carbonyl (C=O) groups excluding carboxylic acids is 1. The van der Waals surface area contributed by atoms with Crippen LogP contribution in [0.3, 0.4) is 0 Å². The Hall–Kier alpha value is -2.00. The topological polar surface area (TPSA) is 34.1 Å². The van der Waals surface area contributed by atoms with Gasteiger partial charge in [0.1, 0.15) is 6.29 Å². The summed E-state index contributed by atoms with van der Waals surface area (Å²) in [5.41, 5.74) is 2.35. The van der Waals surface area contributed by atoms with Crippen molar-refractivity contribution in [3.8, 4) is 0 Å². The fraction of sp³-hybridized carbons (Fsp3) is 0.0625. The summed E-state index contributed by atoms with van der Waals surface area (Å²) < 4.78 is 12.7. The van der Waals surface area contributed by atoms with E-state index in [-0.39, 0.29) is 5.25 Å². The number of hydrogen-bond acceptors (Lipinski definition) is 2. The Balaban J connectivity index is 2.17. The highest BCUT2D eigenvalue weighted by Gasteiger charge is 2.29. The molecule has 2 aromatic rings. The molecule has 2 aromatic carbocycles. The van der Waals surface area contributed by atoms with Crippen molar-refractivity contribution >= 4 is 23.2 Å². The molecule has 0 saturated carbocycles. The van der Waals surface area contributed by atoms with Gasteiger partial charge >= 0.3 is 0 Å².